The Labute approximate surface area is 160 Å². The van der Waals surface area contributed by atoms with Crippen LogP contribution in [0.2, 0.25) is 0 Å². The maximum atomic E-state index is 13.3. The maximum Gasteiger partial charge on any atom is 0.254 e. The summed E-state index contributed by atoms with van der Waals surface area (Å²) in [7, 11) is 0. The lowest BCUT2D eigenvalue weighted by Gasteiger charge is -2.35. The number of carbonyl (C=O) groups is 1. The summed E-state index contributed by atoms with van der Waals surface area (Å²) >= 11 is 0. The molecule has 27 heavy (non-hydrogen) atoms. The number of aromatic nitrogens is 2. The molecular weight excluding hydrogens is 343 g/mol. The number of rotatable bonds is 7. The summed E-state index contributed by atoms with van der Waals surface area (Å²) in [5.41, 5.74) is 2.41. The largest absolute Gasteiger partial charge is 0.350 e. The van der Waals surface area contributed by atoms with Crippen molar-refractivity contribution in [2.45, 2.75) is 52.1 Å². The third kappa shape index (κ3) is 4.95. The van der Waals surface area contributed by atoms with E-state index in [1.807, 2.05) is 29.9 Å². The van der Waals surface area contributed by atoms with E-state index in [0.717, 1.165) is 50.2 Å². The van der Waals surface area contributed by atoms with Gasteiger partial charge < -0.3 is 5.32 Å². The van der Waals surface area contributed by atoms with Crippen LogP contribution < -0.4 is 5.32 Å². The highest BCUT2D eigenvalue weighted by molar-refractivity contribution is 5.95. The summed E-state index contributed by atoms with van der Waals surface area (Å²) in [6.07, 6.45) is 6.36. The van der Waals surface area contributed by atoms with E-state index in [2.05, 4.69) is 22.2 Å². The Kier molecular flexibility index (Phi) is 6.61. The lowest BCUT2D eigenvalue weighted by atomic mass is 10.0. The Morgan fingerprint density at radius 3 is 2.59 bits per heavy atom. The van der Waals surface area contributed by atoms with E-state index in [9.17, 15) is 9.18 Å². The molecule has 1 atom stereocenters. The molecule has 1 aliphatic rings. The number of aryl methyl sites for hydroxylation is 2. The van der Waals surface area contributed by atoms with Gasteiger partial charge in [0.05, 0.1) is 17.3 Å². The van der Waals surface area contributed by atoms with Crippen LogP contribution in [0.15, 0.2) is 30.5 Å². The monoisotopic (exact) mass is 372 g/mol. The van der Waals surface area contributed by atoms with Gasteiger partial charge in [0.2, 0.25) is 0 Å². The van der Waals surface area contributed by atoms with Crippen LogP contribution in [0.5, 0.6) is 0 Å². The lowest BCUT2D eigenvalue weighted by molar-refractivity contribution is 0.0923. The van der Waals surface area contributed by atoms with Crippen molar-refractivity contribution in [2.24, 2.45) is 0 Å². The van der Waals surface area contributed by atoms with E-state index >= 15 is 0 Å². The summed E-state index contributed by atoms with van der Waals surface area (Å²) < 4.78 is 15.2. The summed E-state index contributed by atoms with van der Waals surface area (Å²) in [5.74, 6) is -0.335. The van der Waals surface area contributed by atoms with Gasteiger partial charge in [0.15, 0.2) is 0 Å². The van der Waals surface area contributed by atoms with E-state index in [1.165, 1.54) is 18.6 Å². The second-order valence-electron chi connectivity index (χ2n) is 7.27. The van der Waals surface area contributed by atoms with Gasteiger partial charge in [-0.15, -0.1) is 0 Å². The second-order valence-corrected chi connectivity index (χ2v) is 7.27. The van der Waals surface area contributed by atoms with Gasteiger partial charge in [0, 0.05) is 19.3 Å². The van der Waals surface area contributed by atoms with E-state index in [-0.39, 0.29) is 17.8 Å². The van der Waals surface area contributed by atoms with Crippen LogP contribution in [0.1, 0.15) is 60.3 Å². The molecule has 0 radical (unpaired) electrons. The van der Waals surface area contributed by atoms with E-state index in [1.54, 1.807) is 0 Å². The number of carbonyl (C=O) groups excluding carboxylic acids is 1. The van der Waals surface area contributed by atoms with Crippen molar-refractivity contribution in [3.8, 4) is 0 Å². The molecule has 1 amide bonds. The molecule has 2 heterocycles. The highest BCUT2D eigenvalue weighted by atomic mass is 19.1. The van der Waals surface area contributed by atoms with Gasteiger partial charge in [0.1, 0.15) is 5.82 Å². The minimum Gasteiger partial charge on any atom is -0.350 e. The molecule has 1 N–H and O–H groups in total. The molecule has 1 aliphatic heterocycles. The molecule has 0 aliphatic carbocycles. The molecule has 5 nitrogen and oxygen atoms in total. The Morgan fingerprint density at radius 1 is 1.22 bits per heavy atom. The van der Waals surface area contributed by atoms with Crippen molar-refractivity contribution < 1.29 is 9.18 Å². The highest BCUT2D eigenvalue weighted by Gasteiger charge is 2.24. The summed E-state index contributed by atoms with van der Waals surface area (Å²) in [6.45, 7) is 7.27. The number of nitrogens with one attached hydrogen (secondary N) is 1. The highest BCUT2D eigenvalue weighted by Crippen LogP contribution is 2.24. The molecule has 1 aromatic carbocycles. The van der Waals surface area contributed by atoms with Crippen molar-refractivity contribution in [3.05, 3.63) is 53.1 Å². The zero-order valence-electron chi connectivity index (χ0n) is 16.2. The van der Waals surface area contributed by atoms with Crippen LogP contribution in [0.3, 0.4) is 0 Å². The third-order valence-electron chi connectivity index (χ3n) is 5.19. The van der Waals surface area contributed by atoms with Crippen molar-refractivity contribution in [3.63, 3.8) is 0 Å². The zero-order chi connectivity index (χ0) is 19.2. The first kappa shape index (κ1) is 19.5. The van der Waals surface area contributed by atoms with Crippen molar-refractivity contribution >= 4 is 5.91 Å². The summed E-state index contributed by atoms with van der Waals surface area (Å²) in [5, 5.41) is 7.49. The van der Waals surface area contributed by atoms with Crippen LogP contribution in [0, 0.1) is 12.7 Å². The number of nitrogens with zero attached hydrogens (tertiary/aromatic N) is 3. The molecule has 6 heteroatoms. The Bertz CT molecular complexity index is 750. The van der Waals surface area contributed by atoms with Gasteiger partial charge in [-0.3, -0.25) is 14.4 Å². The van der Waals surface area contributed by atoms with Crippen LogP contribution in [0.25, 0.3) is 0 Å². The van der Waals surface area contributed by atoms with Gasteiger partial charge in [0.25, 0.3) is 5.91 Å². The number of likely N-dealkylation sites (tertiary alicyclic amines) is 1. The first-order valence-electron chi connectivity index (χ1n) is 9.90. The molecule has 1 saturated heterocycles. The molecular formula is C21H29FN4O. The van der Waals surface area contributed by atoms with Gasteiger partial charge in [-0.2, -0.15) is 5.10 Å². The fraction of sp³-hybridized carbons (Fsp3) is 0.524. The molecule has 0 spiro atoms. The third-order valence-corrected chi connectivity index (χ3v) is 5.19. The number of amides is 1. The zero-order valence-corrected chi connectivity index (χ0v) is 16.2. The molecule has 0 saturated carbocycles. The summed E-state index contributed by atoms with van der Waals surface area (Å²) in [4.78, 5) is 15.1. The smallest absolute Gasteiger partial charge is 0.254 e. The van der Waals surface area contributed by atoms with Crippen LogP contribution in [0.4, 0.5) is 4.39 Å². The van der Waals surface area contributed by atoms with Crippen molar-refractivity contribution in [1.29, 1.82) is 0 Å². The average molecular weight is 372 g/mol. The number of hydrogen-bond acceptors (Lipinski definition) is 3. The minimum atomic E-state index is -0.237. The average Bonchev–Trinajstić information content (AvgIpc) is 3.05. The molecule has 3 rings (SSSR count). The van der Waals surface area contributed by atoms with Crippen LogP contribution in [-0.4, -0.2) is 40.2 Å². The molecule has 0 unspecified atom stereocenters. The van der Waals surface area contributed by atoms with Gasteiger partial charge >= 0.3 is 0 Å². The van der Waals surface area contributed by atoms with Gasteiger partial charge in [-0.25, -0.2) is 4.39 Å². The first-order valence-corrected chi connectivity index (χ1v) is 9.90. The maximum absolute atomic E-state index is 13.3. The van der Waals surface area contributed by atoms with E-state index < -0.39 is 0 Å². The second kappa shape index (κ2) is 9.13. The van der Waals surface area contributed by atoms with Gasteiger partial charge in [-0.1, -0.05) is 25.5 Å². The SMILES string of the molecule is CCCn1cc(C(=O)NC[C@@H](c2ccc(F)cc2)N2CCCCC2)c(C)n1. The number of hydrogen-bond donors (Lipinski definition) is 1. The Balaban J connectivity index is 1.72. The molecule has 1 fully saturated rings. The predicted molar refractivity (Wildman–Crippen MR) is 104 cm³/mol. The Morgan fingerprint density at radius 2 is 1.93 bits per heavy atom. The molecule has 1 aromatic heterocycles. The van der Waals surface area contributed by atoms with E-state index in [0.29, 0.717) is 12.1 Å². The Hall–Kier alpha value is -2.21. The molecule has 146 valence electrons. The standard InChI is InChI=1S/C21H29FN4O/c1-3-11-26-15-19(16(2)24-26)21(27)23-14-20(25-12-5-4-6-13-25)17-7-9-18(22)10-8-17/h7-10,15,20H,3-6,11-14H2,1-2H3,(H,23,27)/t20-/m0/s1. The number of benzene rings is 1. The van der Waals surface area contributed by atoms with Crippen LogP contribution in [-0.2, 0) is 6.54 Å². The minimum absolute atomic E-state index is 0.0563. The fourth-order valence-electron chi connectivity index (χ4n) is 3.74. The normalized spacial score (nSPS) is 16.3. The van der Waals surface area contributed by atoms with Crippen molar-refractivity contribution in [1.82, 2.24) is 20.0 Å². The topological polar surface area (TPSA) is 50.2 Å². The predicted octanol–water partition coefficient (Wildman–Crippen LogP) is 3.70. The number of halogens is 1. The van der Waals surface area contributed by atoms with Crippen molar-refractivity contribution in [2.75, 3.05) is 19.6 Å². The summed E-state index contributed by atoms with van der Waals surface area (Å²) in [6, 6.07) is 6.69. The molecule has 0 bridgehead atoms. The lowest BCUT2D eigenvalue weighted by Crippen LogP contribution is -2.40. The first-order chi connectivity index (χ1) is 13.1. The van der Waals surface area contributed by atoms with E-state index in [4.69, 9.17) is 0 Å². The quantitative estimate of drug-likeness (QED) is 0.806. The molecule has 2 aromatic rings. The number of piperidine rings is 1. The fourth-order valence-corrected chi connectivity index (χ4v) is 3.74. The van der Waals surface area contributed by atoms with Gasteiger partial charge in [-0.05, 0) is 57.0 Å². The van der Waals surface area contributed by atoms with Crippen LogP contribution >= 0.6 is 0 Å².